The van der Waals surface area contributed by atoms with Crippen LogP contribution >= 0.6 is 17.2 Å². The number of aliphatic hydroxyl groups is 6. The predicted molar refractivity (Wildman–Crippen MR) is 255 cm³/mol. The molecule has 0 aliphatic carbocycles. The van der Waals surface area contributed by atoms with Gasteiger partial charge in [0.25, 0.3) is 0 Å². The molecule has 0 saturated carbocycles. The zero-order chi connectivity index (χ0) is 47.3. The van der Waals surface area contributed by atoms with Crippen LogP contribution in [0.15, 0.2) is 0 Å². The standard InChI is InChI=1S/2C23H48O4.2H3O3P/c2*1-2-3-4-5-6-7-8-9-10-11-12-13-14-15-16-17-18-27-22-23(19-24,20-25)21-26;2*1-4(2)3/h2*24-26H,2-22H2,1H3;2*1-3H. The molecule has 0 aliphatic heterocycles. The summed E-state index contributed by atoms with van der Waals surface area (Å²) in [6, 6.07) is 0. The van der Waals surface area contributed by atoms with Crippen LogP contribution in [-0.4, -0.2) is 126 Å². The number of unbranched alkanes of at least 4 members (excludes halogenated alkanes) is 30. The monoisotopic (exact) mass is 941 g/mol. The Balaban J connectivity index is -0.000000461. The van der Waals surface area contributed by atoms with E-state index in [1.54, 1.807) is 0 Å². The minimum Gasteiger partial charge on any atom is -0.396 e. The molecular weight excluding hydrogens is 838 g/mol. The van der Waals surface area contributed by atoms with E-state index in [1.165, 1.54) is 193 Å². The van der Waals surface area contributed by atoms with Crippen molar-refractivity contribution in [2.45, 2.75) is 219 Å². The Morgan fingerprint density at radius 2 is 0.419 bits per heavy atom. The average molecular weight is 941 g/mol. The molecule has 16 heteroatoms. The molecule has 0 spiro atoms. The van der Waals surface area contributed by atoms with Crippen molar-refractivity contribution in [1.29, 1.82) is 0 Å². The van der Waals surface area contributed by atoms with Gasteiger partial charge in [-0.05, 0) is 12.8 Å². The smallest absolute Gasteiger partial charge is 0.324 e. The van der Waals surface area contributed by atoms with Gasteiger partial charge in [0.1, 0.15) is 0 Å². The third kappa shape index (κ3) is 58.3. The quantitative estimate of drug-likeness (QED) is 0.0201. The van der Waals surface area contributed by atoms with Crippen molar-refractivity contribution < 1.29 is 69.5 Å². The first kappa shape index (κ1) is 68.9. The second-order valence-electron chi connectivity index (χ2n) is 17.2. The number of ether oxygens (including phenoxy) is 2. The number of hydrogen-bond acceptors (Lipinski definition) is 14. The average Bonchev–Trinajstić information content (AvgIpc) is 3.26. The van der Waals surface area contributed by atoms with E-state index in [9.17, 15) is 30.6 Å². The topological polar surface area (TPSA) is 261 Å². The van der Waals surface area contributed by atoms with Crippen LogP contribution in [0.3, 0.4) is 0 Å². The summed E-state index contributed by atoms with van der Waals surface area (Å²) in [4.78, 5) is 43.4. The van der Waals surface area contributed by atoms with Crippen molar-refractivity contribution in [3.05, 3.63) is 0 Å². The normalized spacial score (nSPS) is 11.6. The van der Waals surface area contributed by atoms with Crippen LogP contribution in [0.25, 0.3) is 0 Å². The fourth-order valence-corrected chi connectivity index (χ4v) is 6.66. The summed E-state index contributed by atoms with van der Waals surface area (Å²) in [6.45, 7) is 4.76. The summed E-state index contributed by atoms with van der Waals surface area (Å²) in [5.41, 5.74) is -1.79. The van der Waals surface area contributed by atoms with Crippen LogP contribution in [-0.2, 0) is 9.47 Å². The maximum absolute atomic E-state index is 9.22. The molecular formula is C46H102O14P2. The Hall–Kier alpha value is 0.300. The van der Waals surface area contributed by atoms with Gasteiger partial charge in [0, 0.05) is 13.2 Å². The van der Waals surface area contributed by atoms with Gasteiger partial charge in [-0.1, -0.05) is 206 Å². The van der Waals surface area contributed by atoms with E-state index in [-0.39, 0.29) is 52.9 Å². The third-order valence-electron chi connectivity index (χ3n) is 11.1. The molecule has 0 aromatic rings. The van der Waals surface area contributed by atoms with Gasteiger partial charge in [0.15, 0.2) is 0 Å². The molecule has 0 rings (SSSR count). The Bertz CT molecular complexity index is 698. The minimum absolute atomic E-state index is 0.218. The van der Waals surface area contributed by atoms with Gasteiger partial charge in [-0.15, -0.1) is 0 Å². The molecule has 0 fully saturated rings. The van der Waals surface area contributed by atoms with Crippen molar-refractivity contribution >= 4 is 17.2 Å². The van der Waals surface area contributed by atoms with Crippen molar-refractivity contribution in [3.63, 3.8) is 0 Å². The van der Waals surface area contributed by atoms with Gasteiger partial charge in [-0.2, -0.15) is 0 Å². The Morgan fingerprint density at radius 3 is 0.565 bits per heavy atom. The first-order valence-electron chi connectivity index (χ1n) is 24.5. The van der Waals surface area contributed by atoms with Crippen molar-refractivity contribution in [1.82, 2.24) is 0 Å². The zero-order valence-electron chi connectivity index (χ0n) is 39.8. The highest BCUT2D eigenvalue weighted by molar-refractivity contribution is 7.38. The summed E-state index contributed by atoms with van der Waals surface area (Å²) in [7, 11) is -5.24. The zero-order valence-corrected chi connectivity index (χ0v) is 41.6. The van der Waals surface area contributed by atoms with E-state index in [0.29, 0.717) is 13.2 Å². The van der Waals surface area contributed by atoms with Crippen LogP contribution in [0, 0.1) is 10.8 Å². The summed E-state index contributed by atoms with van der Waals surface area (Å²) < 4.78 is 11.0. The Morgan fingerprint density at radius 1 is 0.274 bits per heavy atom. The molecule has 0 amide bonds. The summed E-state index contributed by atoms with van der Waals surface area (Å²) >= 11 is 0. The molecule has 0 radical (unpaired) electrons. The maximum atomic E-state index is 9.22. The lowest BCUT2D eigenvalue weighted by atomic mass is 9.93. The fourth-order valence-electron chi connectivity index (χ4n) is 6.66. The molecule has 14 nitrogen and oxygen atoms in total. The highest BCUT2D eigenvalue weighted by Gasteiger charge is 2.29. The van der Waals surface area contributed by atoms with Crippen molar-refractivity contribution in [2.24, 2.45) is 10.8 Å². The van der Waals surface area contributed by atoms with E-state index in [1.807, 2.05) is 0 Å². The van der Waals surface area contributed by atoms with Gasteiger partial charge in [-0.25, -0.2) is 0 Å². The minimum atomic E-state index is -2.62. The van der Waals surface area contributed by atoms with E-state index >= 15 is 0 Å². The fraction of sp³-hybridized carbons (Fsp3) is 1.00. The molecule has 0 saturated heterocycles. The highest BCUT2D eigenvalue weighted by atomic mass is 31.2. The van der Waals surface area contributed by atoms with E-state index in [4.69, 9.17) is 38.8 Å². The molecule has 380 valence electrons. The van der Waals surface area contributed by atoms with Crippen LogP contribution in [0.2, 0.25) is 0 Å². The van der Waals surface area contributed by atoms with Gasteiger partial charge in [0.2, 0.25) is 0 Å². The first-order valence-corrected chi connectivity index (χ1v) is 26.9. The van der Waals surface area contributed by atoms with Crippen LogP contribution in [0.5, 0.6) is 0 Å². The summed E-state index contributed by atoms with van der Waals surface area (Å²) in [6.07, 6.45) is 43.2. The predicted octanol–water partition coefficient (Wildman–Crippen LogP) is 8.84. The highest BCUT2D eigenvalue weighted by Crippen LogP contribution is 2.19. The molecule has 0 aromatic heterocycles. The van der Waals surface area contributed by atoms with E-state index in [0.717, 1.165) is 12.8 Å². The van der Waals surface area contributed by atoms with Gasteiger partial charge in [-0.3, -0.25) is 0 Å². The Kier molecular flexibility index (Phi) is 63.8. The number of rotatable bonds is 44. The van der Waals surface area contributed by atoms with E-state index < -0.39 is 28.0 Å². The SMILES string of the molecule is CCCCCCCCCCCCCCCCCCOCC(CO)(CO)CO.CCCCCCCCCCCCCCCCCCOCC(CO)(CO)CO.OP(O)O.OP(O)O. The second kappa shape index (κ2) is 57.4. The molecule has 62 heavy (non-hydrogen) atoms. The molecule has 0 aromatic carbocycles. The Labute approximate surface area is 381 Å². The molecule has 12 N–H and O–H groups in total. The van der Waals surface area contributed by atoms with Crippen molar-refractivity contribution in [3.8, 4) is 0 Å². The number of aliphatic hydroxyl groups excluding tert-OH is 6. The van der Waals surface area contributed by atoms with Gasteiger partial charge in [0.05, 0.1) is 63.7 Å². The van der Waals surface area contributed by atoms with Gasteiger partial charge >= 0.3 is 17.2 Å². The second-order valence-corrected chi connectivity index (χ2v) is 18.3. The summed E-state index contributed by atoms with van der Waals surface area (Å²) in [5.74, 6) is 0. The van der Waals surface area contributed by atoms with Crippen molar-refractivity contribution in [2.75, 3.05) is 66.1 Å². The summed E-state index contributed by atoms with van der Waals surface area (Å²) in [5, 5.41) is 55.3. The largest absolute Gasteiger partial charge is 0.396 e. The lowest BCUT2D eigenvalue weighted by molar-refractivity contribution is -0.0585. The lowest BCUT2D eigenvalue weighted by Gasteiger charge is -2.26. The van der Waals surface area contributed by atoms with Crippen LogP contribution in [0.4, 0.5) is 0 Å². The molecule has 0 heterocycles. The number of hydrogen-bond donors (Lipinski definition) is 12. The van der Waals surface area contributed by atoms with Gasteiger partial charge < -0.3 is 69.5 Å². The van der Waals surface area contributed by atoms with Crippen LogP contribution in [0.1, 0.15) is 219 Å². The first-order chi connectivity index (χ1) is 29.9. The maximum Gasteiger partial charge on any atom is 0.324 e. The molecule has 0 atom stereocenters. The molecule has 0 bridgehead atoms. The lowest BCUT2D eigenvalue weighted by Crippen LogP contribution is -2.38. The third-order valence-corrected chi connectivity index (χ3v) is 11.1. The molecule has 0 aliphatic rings. The van der Waals surface area contributed by atoms with E-state index in [2.05, 4.69) is 13.8 Å². The van der Waals surface area contributed by atoms with Crippen LogP contribution < -0.4 is 0 Å². The molecule has 0 unspecified atom stereocenters.